The fourth-order valence-corrected chi connectivity index (χ4v) is 6.41. The average molecular weight is 319 g/mol. The molecule has 0 aliphatic rings. The van der Waals surface area contributed by atoms with Crippen LogP contribution in [-0.2, 0) is 4.43 Å². The highest BCUT2D eigenvalue weighted by Gasteiger charge is 2.47. The lowest BCUT2D eigenvalue weighted by molar-refractivity contribution is 0.160. The highest BCUT2D eigenvalue weighted by molar-refractivity contribution is 6.81. The van der Waals surface area contributed by atoms with Crippen LogP contribution in [-0.4, -0.2) is 33.3 Å². The fraction of sp³-hybridized carbons (Fsp3) is 1.00. The highest BCUT2D eigenvalue weighted by Crippen LogP contribution is 2.45. The predicted octanol–water partition coefficient (Wildman–Crippen LogP) is 5.20. The second-order valence-electron chi connectivity index (χ2n) is 8.79. The van der Waals surface area contributed by atoms with Crippen LogP contribution in [0.3, 0.4) is 0 Å². The minimum Gasteiger partial charge on any atom is -0.415 e. The Balaban J connectivity index is 4.76. The van der Waals surface area contributed by atoms with Gasteiger partial charge in [0.1, 0.15) is 0 Å². The molecule has 1 N–H and O–H groups in total. The van der Waals surface area contributed by atoms with Gasteiger partial charge < -0.3 is 9.53 Å². The zero-order valence-corrected chi connectivity index (χ0v) is 17.4. The van der Waals surface area contributed by atoms with Crippen LogP contribution in [0.15, 0.2) is 0 Å². The number of hydrogen-bond donors (Lipinski definition) is 1. The standard InChI is InChI=1S/C16H38O2Si2/c1-15(2,13-11-10-12-14-17)20(8,9)18-16(3,4)19(5,6)7/h17H,10-14H2,1-9H3. The van der Waals surface area contributed by atoms with E-state index in [9.17, 15) is 0 Å². The molecule has 0 atom stereocenters. The molecule has 0 aliphatic carbocycles. The number of unbranched alkanes of at least 4 members (excludes halogenated alkanes) is 2. The maximum atomic E-state index is 8.89. The van der Waals surface area contributed by atoms with Gasteiger partial charge in [-0.1, -0.05) is 46.3 Å². The quantitative estimate of drug-likeness (QED) is 0.468. The lowest BCUT2D eigenvalue weighted by atomic mass is 10.0. The molecule has 0 saturated carbocycles. The molecular weight excluding hydrogens is 280 g/mol. The van der Waals surface area contributed by atoms with Gasteiger partial charge >= 0.3 is 0 Å². The molecule has 0 fully saturated rings. The van der Waals surface area contributed by atoms with Crippen molar-refractivity contribution in [1.82, 2.24) is 0 Å². The van der Waals surface area contributed by atoms with Crippen molar-refractivity contribution in [2.45, 2.75) is 96.4 Å². The molecule has 0 rings (SSSR count). The minimum atomic E-state index is -1.76. The molecule has 0 unspecified atom stereocenters. The number of aliphatic hydroxyl groups is 1. The third-order valence-corrected chi connectivity index (χ3v) is 13.9. The van der Waals surface area contributed by atoms with E-state index >= 15 is 0 Å². The summed E-state index contributed by atoms with van der Waals surface area (Å²) in [6, 6.07) is 0. The highest BCUT2D eigenvalue weighted by atomic mass is 28.4. The van der Waals surface area contributed by atoms with Crippen molar-refractivity contribution in [3.63, 3.8) is 0 Å². The first-order valence-corrected chi connectivity index (χ1v) is 14.5. The average Bonchev–Trinajstić information content (AvgIpc) is 2.21. The van der Waals surface area contributed by atoms with Crippen LogP contribution in [0.5, 0.6) is 0 Å². The summed E-state index contributed by atoms with van der Waals surface area (Å²) in [5.74, 6) is 0. The molecule has 0 saturated heterocycles. The number of rotatable bonds is 9. The molecule has 0 bridgehead atoms. The molecule has 0 aromatic rings. The maximum Gasteiger partial charge on any atom is 0.192 e. The molecule has 4 heteroatoms. The molecule has 122 valence electrons. The lowest BCUT2D eigenvalue weighted by Gasteiger charge is -2.49. The molecule has 0 aliphatic heterocycles. The molecule has 0 radical (unpaired) electrons. The molecule has 0 aromatic carbocycles. The Hall–Kier alpha value is 0.354. The second kappa shape index (κ2) is 7.08. The van der Waals surface area contributed by atoms with Gasteiger partial charge in [0.25, 0.3) is 0 Å². The van der Waals surface area contributed by atoms with E-state index in [0.29, 0.717) is 6.61 Å². The topological polar surface area (TPSA) is 29.5 Å². The molecule has 0 spiro atoms. The van der Waals surface area contributed by atoms with Crippen LogP contribution in [0, 0.1) is 0 Å². The van der Waals surface area contributed by atoms with Crippen molar-refractivity contribution in [1.29, 1.82) is 0 Å². The lowest BCUT2D eigenvalue weighted by Crippen LogP contribution is -2.57. The first-order valence-electron chi connectivity index (χ1n) is 8.08. The molecule has 20 heavy (non-hydrogen) atoms. The van der Waals surface area contributed by atoms with E-state index in [1.54, 1.807) is 0 Å². The van der Waals surface area contributed by atoms with Gasteiger partial charge in [0.05, 0.1) is 8.07 Å². The van der Waals surface area contributed by atoms with Crippen LogP contribution in [0.25, 0.3) is 0 Å². The smallest absolute Gasteiger partial charge is 0.192 e. The van der Waals surface area contributed by atoms with E-state index < -0.39 is 16.4 Å². The van der Waals surface area contributed by atoms with Crippen molar-refractivity contribution < 1.29 is 9.53 Å². The van der Waals surface area contributed by atoms with Gasteiger partial charge in [0, 0.05) is 11.8 Å². The van der Waals surface area contributed by atoms with Gasteiger partial charge in [0.15, 0.2) is 8.32 Å². The van der Waals surface area contributed by atoms with E-state index in [2.05, 4.69) is 60.4 Å². The van der Waals surface area contributed by atoms with Crippen LogP contribution in [0.2, 0.25) is 37.8 Å². The molecule has 0 amide bonds. The summed E-state index contributed by atoms with van der Waals surface area (Å²) in [5, 5.41) is 9.20. The number of aliphatic hydroxyl groups excluding tert-OH is 1. The first-order chi connectivity index (χ1) is 8.77. The second-order valence-corrected chi connectivity index (χ2v) is 19.1. The van der Waals surface area contributed by atoms with E-state index in [4.69, 9.17) is 9.53 Å². The Labute approximate surface area is 129 Å². The normalized spacial score (nSPS) is 14.7. The van der Waals surface area contributed by atoms with E-state index in [-0.39, 0.29) is 10.3 Å². The summed E-state index contributed by atoms with van der Waals surface area (Å²) in [7, 11) is -3.10. The zero-order chi connectivity index (χ0) is 16.2. The summed E-state index contributed by atoms with van der Waals surface area (Å²) in [6.07, 6.45) is 4.45. The summed E-state index contributed by atoms with van der Waals surface area (Å²) in [5.41, 5.74) is 0. The van der Waals surface area contributed by atoms with Gasteiger partial charge in [-0.15, -0.1) is 0 Å². The van der Waals surface area contributed by atoms with Crippen molar-refractivity contribution in [3.05, 3.63) is 0 Å². The Morgan fingerprint density at radius 2 is 1.35 bits per heavy atom. The predicted molar refractivity (Wildman–Crippen MR) is 95.6 cm³/mol. The Kier molecular flexibility index (Phi) is 7.20. The molecule has 0 aromatic heterocycles. The largest absolute Gasteiger partial charge is 0.415 e. The van der Waals surface area contributed by atoms with Crippen molar-refractivity contribution >= 4 is 16.4 Å². The van der Waals surface area contributed by atoms with Crippen molar-refractivity contribution in [2.75, 3.05) is 6.61 Å². The monoisotopic (exact) mass is 318 g/mol. The number of hydrogen-bond acceptors (Lipinski definition) is 2. The van der Waals surface area contributed by atoms with E-state index in [1.807, 2.05) is 0 Å². The van der Waals surface area contributed by atoms with Crippen LogP contribution >= 0.6 is 0 Å². The summed E-state index contributed by atoms with van der Waals surface area (Å²) in [4.78, 5) is 0. The molecule has 0 heterocycles. The van der Waals surface area contributed by atoms with Crippen molar-refractivity contribution in [2.24, 2.45) is 0 Å². The van der Waals surface area contributed by atoms with E-state index in [1.165, 1.54) is 12.8 Å². The minimum absolute atomic E-state index is 0.0328. The van der Waals surface area contributed by atoms with Gasteiger partial charge in [-0.05, 0) is 44.8 Å². The van der Waals surface area contributed by atoms with Crippen molar-refractivity contribution in [3.8, 4) is 0 Å². The van der Waals surface area contributed by atoms with Gasteiger partial charge in [-0.25, -0.2) is 0 Å². The maximum absolute atomic E-state index is 8.89. The van der Waals surface area contributed by atoms with E-state index in [0.717, 1.165) is 12.8 Å². The van der Waals surface area contributed by atoms with Crippen LogP contribution in [0.1, 0.15) is 53.4 Å². The van der Waals surface area contributed by atoms with Crippen LogP contribution < -0.4 is 0 Å². The molecular formula is C16H38O2Si2. The summed E-state index contributed by atoms with van der Waals surface area (Å²) < 4.78 is 6.76. The Morgan fingerprint density at radius 3 is 1.75 bits per heavy atom. The summed E-state index contributed by atoms with van der Waals surface area (Å²) in [6.45, 7) is 21.6. The van der Waals surface area contributed by atoms with Gasteiger partial charge in [-0.2, -0.15) is 0 Å². The SMILES string of the molecule is CC(C)(O[Si](C)(C)C(C)(C)CCCCCO)[Si](C)(C)C. The zero-order valence-electron chi connectivity index (χ0n) is 15.4. The molecule has 2 nitrogen and oxygen atoms in total. The van der Waals surface area contributed by atoms with Crippen LogP contribution in [0.4, 0.5) is 0 Å². The van der Waals surface area contributed by atoms with Gasteiger partial charge in [-0.3, -0.25) is 0 Å². The first kappa shape index (κ1) is 20.4. The Morgan fingerprint density at radius 1 is 0.850 bits per heavy atom. The Bertz CT molecular complexity index is 291. The third kappa shape index (κ3) is 5.62. The third-order valence-electron chi connectivity index (χ3n) is 5.41. The fourth-order valence-electron chi connectivity index (χ4n) is 2.09. The summed E-state index contributed by atoms with van der Waals surface area (Å²) >= 11 is 0. The van der Waals surface area contributed by atoms with Gasteiger partial charge in [0.2, 0.25) is 0 Å².